The second kappa shape index (κ2) is 9.62. The van der Waals surface area contributed by atoms with E-state index in [1.54, 1.807) is 0 Å². The van der Waals surface area contributed by atoms with Crippen LogP contribution in [-0.4, -0.2) is 45.5 Å². The zero-order chi connectivity index (χ0) is 21.9. The van der Waals surface area contributed by atoms with E-state index >= 15 is 0 Å². The van der Waals surface area contributed by atoms with Crippen molar-refractivity contribution in [3.05, 3.63) is 63.4 Å². The molecule has 1 saturated heterocycles. The molecule has 2 aromatic carbocycles. The molecule has 0 aromatic heterocycles. The summed E-state index contributed by atoms with van der Waals surface area (Å²) in [6.45, 7) is 0.657. The lowest BCUT2D eigenvalue weighted by atomic mass is 10.1. The van der Waals surface area contributed by atoms with E-state index in [4.69, 9.17) is 27.9 Å². The summed E-state index contributed by atoms with van der Waals surface area (Å²) in [4.78, 5) is 13.9. The third-order valence-corrected chi connectivity index (χ3v) is 7.06. The summed E-state index contributed by atoms with van der Waals surface area (Å²) in [5, 5.41) is 0.193. The average Bonchev–Trinajstić information content (AvgIpc) is 3.23. The van der Waals surface area contributed by atoms with Gasteiger partial charge in [-0.15, -0.1) is 0 Å². The van der Waals surface area contributed by atoms with Gasteiger partial charge in [0, 0.05) is 42.9 Å². The van der Waals surface area contributed by atoms with Crippen molar-refractivity contribution >= 4 is 39.1 Å². The molecule has 1 amide bonds. The van der Waals surface area contributed by atoms with Gasteiger partial charge < -0.3 is 9.64 Å². The number of halogens is 3. The van der Waals surface area contributed by atoms with Gasteiger partial charge >= 0.3 is 0 Å². The number of sulfonamides is 1. The van der Waals surface area contributed by atoms with Gasteiger partial charge in [0.1, 0.15) is 10.7 Å². The molecule has 0 radical (unpaired) electrons. The molecule has 6 nitrogen and oxygen atoms in total. The number of rotatable bonds is 7. The normalized spacial score (nSPS) is 16.6. The lowest BCUT2D eigenvalue weighted by molar-refractivity contribution is 0.0783. The van der Waals surface area contributed by atoms with E-state index < -0.39 is 21.7 Å². The van der Waals surface area contributed by atoms with Crippen LogP contribution >= 0.6 is 23.2 Å². The average molecular weight is 475 g/mol. The summed E-state index contributed by atoms with van der Waals surface area (Å²) in [7, 11) is -2.47. The van der Waals surface area contributed by atoms with E-state index in [0.717, 1.165) is 12.8 Å². The van der Waals surface area contributed by atoms with Gasteiger partial charge in [-0.1, -0.05) is 29.3 Å². The molecule has 1 N–H and O–H groups in total. The molecule has 0 saturated carbocycles. The van der Waals surface area contributed by atoms with Gasteiger partial charge in [-0.05, 0) is 43.2 Å². The second-order valence-electron chi connectivity index (χ2n) is 6.99. The minimum absolute atomic E-state index is 0.00816. The molecule has 30 heavy (non-hydrogen) atoms. The summed E-state index contributed by atoms with van der Waals surface area (Å²) in [6.07, 6.45) is 1.48. The highest BCUT2D eigenvalue weighted by atomic mass is 35.5. The van der Waals surface area contributed by atoms with E-state index in [0.29, 0.717) is 6.61 Å². The van der Waals surface area contributed by atoms with Crippen LogP contribution in [0, 0.1) is 5.82 Å². The Balaban J connectivity index is 1.78. The van der Waals surface area contributed by atoms with Gasteiger partial charge in [-0.3, -0.25) is 4.79 Å². The molecule has 0 bridgehead atoms. The van der Waals surface area contributed by atoms with Crippen molar-refractivity contribution in [1.82, 2.24) is 9.62 Å². The molecular formula is C20H21Cl2FN2O4S. The quantitative estimate of drug-likeness (QED) is 0.660. The van der Waals surface area contributed by atoms with Crippen molar-refractivity contribution in [2.75, 3.05) is 20.2 Å². The molecule has 1 unspecified atom stereocenters. The maximum absolute atomic E-state index is 14.0. The Labute approximate surface area is 185 Å². The van der Waals surface area contributed by atoms with E-state index in [9.17, 15) is 17.6 Å². The van der Waals surface area contributed by atoms with Crippen molar-refractivity contribution in [3.8, 4) is 0 Å². The lowest BCUT2D eigenvalue weighted by Gasteiger charge is -2.19. The van der Waals surface area contributed by atoms with Crippen LogP contribution in [0.1, 0.15) is 28.8 Å². The number of hydrogen-bond acceptors (Lipinski definition) is 4. The fraction of sp³-hybridized carbons (Fsp3) is 0.350. The second-order valence-corrected chi connectivity index (χ2v) is 9.54. The first-order chi connectivity index (χ1) is 14.2. The molecule has 1 aliphatic rings. The van der Waals surface area contributed by atoms with Crippen LogP contribution in [0.2, 0.25) is 10.0 Å². The largest absolute Gasteiger partial charge is 0.377 e. The zero-order valence-corrected chi connectivity index (χ0v) is 18.5. The predicted octanol–water partition coefficient (Wildman–Crippen LogP) is 3.86. The molecule has 1 atom stereocenters. The number of carbonyl (C=O) groups is 1. The number of amides is 1. The number of carbonyl (C=O) groups excluding carboxylic acids is 1. The Morgan fingerprint density at radius 1 is 1.27 bits per heavy atom. The Kier molecular flexibility index (Phi) is 7.36. The fourth-order valence-corrected chi connectivity index (χ4v) is 4.95. The van der Waals surface area contributed by atoms with Crippen LogP contribution in [0.4, 0.5) is 4.39 Å². The Morgan fingerprint density at radius 3 is 2.70 bits per heavy atom. The Bertz CT molecular complexity index is 1020. The minimum atomic E-state index is -3.95. The van der Waals surface area contributed by atoms with Crippen LogP contribution in [-0.2, 0) is 21.3 Å². The Hall–Kier alpha value is -1.71. The predicted molar refractivity (Wildman–Crippen MR) is 113 cm³/mol. The van der Waals surface area contributed by atoms with Crippen molar-refractivity contribution in [3.63, 3.8) is 0 Å². The molecule has 10 heteroatoms. The number of nitrogens with zero attached hydrogens (tertiary/aromatic N) is 1. The molecular weight excluding hydrogens is 454 g/mol. The van der Waals surface area contributed by atoms with E-state index in [2.05, 4.69) is 4.72 Å². The molecule has 1 fully saturated rings. The number of benzene rings is 2. The standard InChI is InChI=1S/C20H21Cl2FN2O4S/c1-25(12-15-16(21)5-2-6-18(15)23)20(26)13-7-8-17(22)19(10-13)30(27,28)24-11-14-4-3-9-29-14/h2,5-8,10,14,24H,3-4,9,11-12H2,1H3. The SMILES string of the molecule is CN(Cc1c(F)cccc1Cl)C(=O)c1ccc(Cl)c(S(=O)(=O)NCC2CCCO2)c1. The van der Waals surface area contributed by atoms with E-state index in [1.807, 2.05) is 0 Å². The summed E-state index contributed by atoms with van der Waals surface area (Å²) in [5.74, 6) is -1.03. The van der Waals surface area contributed by atoms with Gasteiger partial charge in [0.15, 0.2) is 0 Å². The van der Waals surface area contributed by atoms with Crippen LogP contribution in [0.15, 0.2) is 41.3 Å². The van der Waals surface area contributed by atoms with Gasteiger partial charge in [0.05, 0.1) is 11.1 Å². The third-order valence-electron chi connectivity index (χ3n) is 4.80. The first kappa shape index (κ1) is 23.0. The van der Waals surface area contributed by atoms with E-state index in [-0.39, 0.29) is 45.3 Å². The topological polar surface area (TPSA) is 75.7 Å². The molecule has 1 heterocycles. The fourth-order valence-electron chi connectivity index (χ4n) is 3.14. The molecule has 2 aromatic rings. The highest BCUT2D eigenvalue weighted by Gasteiger charge is 2.24. The summed E-state index contributed by atoms with van der Waals surface area (Å²) in [6, 6.07) is 8.24. The highest BCUT2D eigenvalue weighted by molar-refractivity contribution is 7.89. The highest BCUT2D eigenvalue weighted by Crippen LogP contribution is 2.25. The monoisotopic (exact) mass is 474 g/mol. The van der Waals surface area contributed by atoms with Crippen LogP contribution < -0.4 is 4.72 Å². The van der Waals surface area contributed by atoms with Crippen molar-refractivity contribution in [2.24, 2.45) is 0 Å². The minimum Gasteiger partial charge on any atom is -0.377 e. The molecule has 1 aliphatic heterocycles. The first-order valence-electron chi connectivity index (χ1n) is 9.28. The smallest absolute Gasteiger partial charge is 0.253 e. The summed E-state index contributed by atoms with van der Waals surface area (Å²) < 4.78 is 47.3. The number of hydrogen-bond donors (Lipinski definition) is 1. The van der Waals surface area contributed by atoms with Gasteiger partial charge in [0.25, 0.3) is 5.91 Å². The maximum Gasteiger partial charge on any atom is 0.253 e. The summed E-state index contributed by atoms with van der Waals surface area (Å²) in [5.41, 5.74) is 0.280. The number of nitrogens with one attached hydrogen (secondary N) is 1. The van der Waals surface area contributed by atoms with E-state index in [1.165, 1.54) is 48.3 Å². The van der Waals surface area contributed by atoms with Crippen molar-refractivity contribution in [2.45, 2.75) is 30.4 Å². The third kappa shape index (κ3) is 5.31. The van der Waals surface area contributed by atoms with Gasteiger partial charge in [0.2, 0.25) is 10.0 Å². The molecule has 162 valence electrons. The van der Waals surface area contributed by atoms with Crippen molar-refractivity contribution in [1.29, 1.82) is 0 Å². The summed E-state index contributed by atoms with van der Waals surface area (Å²) >= 11 is 12.1. The van der Waals surface area contributed by atoms with Gasteiger partial charge in [-0.25, -0.2) is 17.5 Å². The van der Waals surface area contributed by atoms with Crippen LogP contribution in [0.25, 0.3) is 0 Å². The van der Waals surface area contributed by atoms with Crippen molar-refractivity contribution < 1.29 is 22.3 Å². The van der Waals surface area contributed by atoms with Crippen LogP contribution in [0.5, 0.6) is 0 Å². The van der Waals surface area contributed by atoms with Crippen LogP contribution in [0.3, 0.4) is 0 Å². The van der Waals surface area contributed by atoms with Gasteiger partial charge in [-0.2, -0.15) is 0 Å². The number of ether oxygens (including phenoxy) is 1. The zero-order valence-electron chi connectivity index (χ0n) is 16.2. The molecule has 0 aliphatic carbocycles. The molecule has 0 spiro atoms. The lowest BCUT2D eigenvalue weighted by Crippen LogP contribution is -2.32. The Morgan fingerprint density at radius 2 is 2.03 bits per heavy atom. The maximum atomic E-state index is 14.0. The molecule has 3 rings (SSSR count). The first-order valence-corrected chi connectivity index (χ1v) is 11.5.